The summed E-state index contributed by atoms with van der Waals surface area (Å²) in [7, 11) is -2.91. The van der Waals surface area contributed by atoms with Crippen LogP contribution in [0.1, 0.15) is 31.7 Å². The molecular formula is C26H28N2O6S. The number of carbonyl (C=O) groups is 2. The quantitative estimate of drug-likeness (QED) is 0.451. The lowest BCUT2D eigenvalue weighted by molar-refractivity contribution is -0.145. The number of carbonyl (C=O) groups excluding carboxylic acids is 2. The third-order valence-corrected chi connectivity index (χ3v) is 8.29. The lowest BCUT2D eigenvalue weighted by Crippen LogP contribution is -2.51. The minimum Gasteiger partial charge on any atom is -0.481 e. The van der Waals surface area contributed by atoms with Crippen LogP contribution in [0.25, 0.3) is 0 Å². The molecule has 1 atom stereocenters. The number of benzene rings is 2. The molecule has 1 amide bonds. The number of esters is 1. The molecule has 0 N–H and O–H groups in total. The Morgan fingerprint density at radius 3 is 2.43 bits per heavy atom. The first-order valence-corrected chi connectivity index (χ1v) is 12.9. The summed E-state index contributed by atoms with van der Waals surface area (Å²) < 4.78 is 39.2. The first-order chi connectivity index (χ1) is 16.9. The molecule has 0 radical (unpaired) electrons. The fraction of sp³-hybridized carbons (Fsp3) is 0.385. The van der Waals surface area contributed by atoms with Crippen molar-refractivity contribution in [3.05, 3.63) is 54.1 Å². The van der Waals surface area contributed by atoms with Crippen molar-refractivity contribution in [2.45, 2.75) is 43.7 Å². The molecule has 1 fully saturated rings. The van der Waals surface area contributed by atoms with Gasteiger partial charge in [0.25, 0.3) is 0 Å². The average molecular weight is 497 g/mol. The van der Waals surface area contributed by atoms with E-state index in [0.717, 1.165) is 23.6 Å². The molecule has 0 saturated heterocycles. The maximum absolute atomic E-state index is 13.8. The summed E-state index contributed by atoms with van der Waals surface area (Å²) in [5.41, 5.74) is 1.27. The zero-order valence-electron chi connectivity index (χ0n) is 19.8. The van der Waals surface area contributed by atoms with Crippen molar-refractivity contribution in [3.63, 3.8) is 0 Å². The van der Waals surface area contributed by atoms with Crippen LogP contribution in [0.15, 0.2) is 53.4 Å². The summed E-state index contributed by atoms with van der Waals surface area (Å²) in [4.78, 5) is 27.8. The number of anilines is 1. The van der Waals surface area contributed by atoms with Gasteiger partial charge in [0.15, 0.2) is 0 Å². The van der Waals surface area contributed by atoms with E-state index in [2.05, 4.69) is 11.8 Å². The molecular weight excluding hydrogens is 468 g/mol. The molecule has 1 saturated carbocycles. The smallest absolute Gasteiger partial charge is 0.326 e. The Morgan fingerprint density at radius 2 is 1.80 bits per heavy atom. The second kappa shape index (κ2) is 10.5. The fourth-order valence-electron chi connectivity index (χ4n) is 4.25. The Balaban J connectivity index is 1.71. The van der Waals surface area contributed by atoms with Gasteiger partial charge < -0.3 is 14.4 Å². The number of para-hydroxylation sites is 1. The Hall–Kier alpha value is -3.35. The number of ether oxygens (including phenoxy) is 2. The number of nitrogens with zero attached hydrogens (tertiary/aromatic N) is 2. The molecule has 2 aliphatic rings. The van der Waals surface area contributed by atoms with E-state index < -0.39 is 22.0 Å². The highest BCUT2D eigenvalue weighted by Crippen LogP contribution is 2.35. The van der Waals surface area contributed by atoms with E-state index >= 15 is 0 Å². The lowest BCUT2D eigenvalue weighted by atomic mass is 9.84. The molecule has 1 aliphatic heterocycles. The van der Waals surface area contributed by atoms with E-state index in [0.29, 0.717) is 17.0 Å². The molecule has 35 heavy (non-hydrogen) atoms. The van der Waals surface area contributed by atoms with Gasteiger partial charge in [-0.1, -0.05) is 30.5 Å². The first kappa shape index (κ1) is 24.8. The number of methoxy groups -OCH3 is 1. The SMILES string of the molecule is CC#CCOc1ccc(S(=O)(=O)N2Cc3ccccc3N(C(=O)C3CCC3)CC2C(=O)OC)cc1. The van der Waals surface area contributed by atoms with Crippen LogP contribution in [0.5, 0.6) is 5.75 Å². The molecule has 8 nitrogen and oxygen atoms in total. The molecule has 1 unspecified atom stereocenters. The highest BCUT2D eigenvalue weighted by Gasteiger charge is 2.43. The Labute approximate surface area is 205 Å². The van der Waals surface area contributed by atoms with E-state index in [1.165, 1.54) is 19.2 Å². The number of hydrogen-bond acceptors (Lipinski definition) is 6. The van der Waals surface area contributed by atoms with Crippen molar-refractivity contribution >= 4 is 27.6 Å². The summed E-state index contributed by atoms with van der Waals surface area (Å²) in [5, 5.41) is 0. The summed E-state index contributed by atoms with van der Waals surface area (Å²) in [5.74, 6) is 5.07. The van der Waals surface area contributed by atoms with Crippen LogP contribution in [0.2, 0.25) is 0 Å². The summed E-state index contributed by atoms with van der Waals surface area (Å²) in [6, 6.07) is 12.0. The van der Waals surface area contributed by atoms with Gasteiger partial charge in [0, 0.05) is 18.2 Å². The topological polar surface area (TPSA) is 93.2 Å². The van der Waals surface area contributed by atoms with Gasteiger partial charge in [0.1, 0.15) is 18.4 Å². The third kappa shape index (κ3) is 5.04. The van der Waals surface area contributed by atoms with Gasteiger partial charge in [0.05, 0.1) is 18.6 Å². The summed E-state index contributed by atoms with van der Waals surface area (Å²) in [6.07, 6.45) is 2.57. The Kier molecular flexibility index (Phi) is 7.43. The average Bonchev–Trinajstić information content (AvgIpc) is 3.01. The molecule has 184 valence electrons. The van der Waals surface area contributed by atoms with E-state index in [9.17, 15) is 18.0 Å². The predicted octanol–water partition coefficient (Wildman–Crippen LogP) is 2.97. The number of rotatable bonds is 6. The van der Waals surface area contributed by atoms with Gasteiger partial charge in [-0.25, -0.2) is 8.42 Å². The third-order valence-electron chi connectivity index (χ3n) is 6.42. The number of fused-ring (bicyclic) bond motifs is 1. The summed E-state index contributed by atoms with van der Waals surface area (Å²) >= 11 is 0. The van der Waals surface area contributed by atoms with Crippen molar-refractivity contribution in [2.24, 2.45) is 5.92 Å². The zero-order chi connectivity index (χ0) is 25.0. The molecule has 0 spiro atoms. The summed E-state index contributed by atoms with van der Waals surface area (Å²) in [6.45, 7) is 1.71. The molecule has 4 rings (SSSR count). The van der Waals surface area contributed by atoms with Crippen molar-refractivity contribution in [1.82, 2.24) is 4.31 Å². The normalized spacial score (nSPS) is 18.3. The lowest BCUT2D eigenvalue weighted by Gasteiger charge is -2.33. The van der Waals surface area contributed by atoms with Crippen LogP contribution in [0.4, 0.5) is 5.69 Å². The molecule has 2 aromatic rings. The molecule has 1 heterocycles. The molecule has 9 heteroatoms. The van der Waals surface area contributed by atoms with Crippen molar-refractivity contribution < 1.29 is 27.5 Å². The van der Waals surface area contributed by atoms with Crippen LogP contribution >= 0.6 is 0 Å². The van der Waals surface area contributed by atoms with Crippen LogP contribution < -0.4 is 9.64 Å². The van der Waals surface area contributed by atoms with Gasteiger partial charge in [-0.15, -0.1) is 5.92 Å². The molecule has 1 aliphatic carbocycles. The maximum Gasteiger partial charge on any atom is 0.326 e. The second-order valence-corrected chi connectivity index (χ2v) is 10.4. The number of hydrogen-bond donors (Lipinski definition) is 0. The van der Waals surface area contributed by atoms with Gasteiger partial charge in [-0.2, -0.15) is 4.31 Å². The molecule has 0 aromatic heterocycles. The van der Waals surface area contributed by atoms with E-state index in [4.69, 9.17) is 9.47 Å². The standard InChI is InChI=1S/C26H28N2O6S/c1-3-4-16-34-21-12-14-22(15-13-21)35(31,32)28-17-20-8-5-6-11-23(20)27(18-24(28)26(30)33-2)25(29)19-9-7-10-19/h5-6,8,11-15,19,24H,7,9-10,16-18H2,1-2H3. The van der Waals surface area contributed by atoms with Gasteiger partial charge in [-0.05, 0) is 55.7 Å². The van der Waals surface area contributed by atoms with Crippen LogP contribution in [0.3, 0.4) is 0 Å². The second-order valence-electron chi connectivity index (χ2n) is 8.48. The molecule has 2 aromatic carbocycles. The largest absolute Gasteiger partial charge is 0.481 e. The van der Waals surface area contributed by atoms with Gasteiger partial charge in [0.2, 0.25) is 15.9 Å². The van der Waals surface area contributed by atoms with E-state index in [1.807, 2.05) is 0 Å². The van der Waals surface area contributed by atoms with Crippen molar-refractivity contribution in [3.8, 4) is 17.6 Å². The van der Waals surface area contributed by atoms with Gasteiger partial charge in [-0.3, -0.25) is 9.59 Å². The minimum absolute atomic E-state index is 0.0107. The van der Waals surface area contributed by atoms with Crippen LogP contribution in [-0.4, -0.2) is 50.9 Å². The first-order valence-electron chi connectivity index (χ1n) is 11.5. The van der Waals surface area contributed by atoms with Gasteiger partial charge >= 0.3 is 5.97 Å². The number of amides is 1. The molecule has 0 bridgehead atoms. The predicted molar refractivity (Wildman–Crippen MR) is 130 cm³/mol. The monoisotopic (exact) mass is 496 g/mol. The highest BCUT2D eigenvalue weighted by molar-refractivity contribution is 7.89. The zero-order valence-corrected chi connectivity index (χ0v) is 20.6. The number of sulfonamides is 1. The Bertz CT molecular complexity index is 1260. The fourth-order valence-corrected chi connectivity index (χ4v) is 5.80. The maximum atomic E-state index is 13.8. The van der Waals surface area contributed by atoms with Crippen molar-refractivity contribution in [2.75, 3.05) is 25.2 Å². The minimum atomic E-state index is -4.12. The highest BCUT2D eigenvalue weighted by atomic mass is 32.2. The van der Waals surface area contributed by atoms with E-state index in [1.54, 1.807) is 48.2 Å². The van der Waals surface area contributed by atoms with Crippen molar-refractivity contribution in [1.29, 1.82) is 0 Å². The van der Waals surface area contributed by atoms with Crippen LogP contribution in [-0.2, 0) is 30.9 Å². The Morgan fingerprint density at radius 1 is 1.09 bits per heavy atom. The van der Waals surface area contributed by atoms with Crippen LogP contribution in [0, 0.1) is 17.8 Å². The van der Waals surface area contributed by atoms with E-state index in [-0.39, 0.29) is 36.4 Å².